The number of nitrogens with one attached hydrogen (secondary N) is 1. The molecule has 0 unspecified atom stereocenters. The van der Waals surface area contributed by atoms with Gasteiger partial charge in [0, 0.05) is 29.8 Å². The minimum absolute atomic E-state index is 0.0621. The molecule has 0 aromatic carbocycles. The van der Waals surface area contributed by atoms with E-state index in [2.05, 4.69) is 22.8 Å². The fourth-order valence-electron chi connectivity index (χ4n) is 4.40. The first-order chi connectivity index (χ1) is 12.2. The first-order valence-corrected chi connectivity index (χ1v) is 10.7. The Balaban J connectivity index is 1.34. The Labute approximate surface area is 154 Å². The minimum atomic E-state index is 0.0621. The van der Waals surface area contributed by atoms with Gasteiger partial charge in [0.1, 0.15) is 0 Å². The molecule has 1 saturated heterocycles. The summed E-state index contributed by atoms with van der Waals surface area (Å²) in [7, 11) is 0. The SMILES string of the molecule is O=C(N[C@@H](c1cccs1)C1CCCC1)C1CCN(C(=O)C2CC2)CC1. The molecule has 136 valence electrons. The maximum Gasteiger partial charge on any atom is 0.225 e. The number of likely N-dealkylation sites (tertiary alicyclic amines) is 1. The van der Waals surface area contributed by atoms with Gasteiger partial charge in [0.15, 0.2) is 0 Å². The van der Waals surface area contributed by atoms with E-state index in [0.29, 0.717) is 11.8 Å². The summed E-state index contributed by atoms with van der Waals surface area (Å²) in [6.07, 6.45) is 8.74. The lowest BCUT2D eigenvalue weighted by Gasteiger charge is -2.33. The molecule has 1 aliphatic heterocycles. The Bertz CT molecular complexity index is 597. The largest absolute Gasteiger partial charge is 0.348 e. The molecule has 2 saturated carbocycles. The molecule has 0 bridgehead atoms. The van der Waals surface area contributed by atoms with Gasteiger partial charge in [0.2, 0.25) is 11.8 Å². The summed E-state index contributed by atoms with van der Waals surface area (Å²) < 4.78 is 0. The Morgan fingerprint density at radius 2 is 1.76 bits per heavy atom. The monoisotopic (exact) mass is 360 g/mol. The number of nitrogens with zero attached hydrogens (tertiary/aromatic N) is 1. The lowest BCUT2D eigenvalue weighted by atomic mass is 9.92. The van der Waals surface area contributed by atoms with Crippen molar-refractivity contribution in [2.75, 3.05) is 13.1 Å². The van der Waals surface area contributed by atoms with Crippen LogP contribution in [0.15, 0.2) is 17.5 Å². The van der Waals surface area contributed by atoms with Crippen LogP contribution in [0.3, 0.4) is 0 Å². The van der Waals surface area contributed by atoms with Gasteiger partial charge in [-0.05, 0) is 55.9 Å². The van der Waals surface area contributed by atoms with Crippen LogP contribution in [0.2, 0.25) is 0 Å². The smallest absolute Gasteiger partial charge is 0.225 e. The zero-order valence-electron chi connectivity index (χ0n) is 14.8. The van der Waals surface area contributed by atoms with Gasteiger partial charge in [-0.2, -0.15) is 0 Å². The first kappa shape index (κ1) is 17.1. The lowest BCUT2D eigenvalue weighted by molar-refractivity contribution is -0.137. The molecule has 0 spiro atoms. The molecule has 1 N–H and O–H groups in total. The van der Waals surface area contributed by atoms with Crippen LogP contribution in [0, 0.1) is 17.8 Å². The van der Waals surface area contributed by atoms with Crippen LogP contribution in [-0.4, -0.2) is 29.8 Å². The van der Waals surface area contributed by atoms with E-state index in [1.807, 2.05) is 4.90 Å². The van der Waals surface area contributed by atoms with Gasteiger partial charge >= 0.3 is 0 Å². The van der Waals surface area contributed by atoms with Gasteiger partial charge in [0.25, 0.3) is 0 Å². The molecule has 2 heterocycles. The second kappa shape index (κ2) is 7.48. The highest BCUT2D eigenvalue weighted by molar-refractivity contribution is 7.10. The molecule has 2 aliphatic carbocycles. The summed E-state index contributed by atoms with van der Waals surface area (Å²) in [5.41, 5.74) is 0. The van der Waals surface area contributed by atoms with Crippen LogP contribution in [0.4, 0.5) is 0 Å². The Hall–Kier alpha value is -1.36. The summed E-state index contributed by atoms with van der Waals surface area (Å²) >= 11 is 1.75. The summed E-state index contributed by atoms with van der Waals surface area (Å²) in [5.74, 6) is 1.45. The fraction of sp³-hybridized carbons (Fsp3) is 0.700. The van der Waals surface area contributed by atoms with Gasteiger partial charge < -0.3 is 10.2 Å². The molecule has 3 fully saturated rings. The molecule has 4 rings (SSSR count). The van der Waals surface area contributed by atoms with Crippen molar-refractivity contribution >= 4 is 23.2 Å². The van der Waals surface area contributed by atoms with Crippen molar-refractivity contribution in [2.45, 2.75) is 57.4 Å². The van der Waals surface area contributed by atoms with E-state index in [4.69, 9.17) is 0 Å². The summed E-state index contributed by atoms with van der Waals surface area (Å²) in [6.45, 7) is 1.50. The third-order valence-electron chi connectivity index (χ3n) is 6.12. The zero-order chi connectivity index (χ0) is 17.2. The Morgan fingerprint density at radius 3 is 2.36 bits per heavy atom. The number of piperidine rings is 1. The van der Waals surface area contributed by atoms with E-state index in [9.17, 15) is 9.59 Å². The Kier molecular flexibility index (Phi) is 5.11. The van der Waals surface area contributed by atoms with Crippen molar-refractivity contribution in [3.63, 3.8) is 0 Å². The van der Waals surface area contributed by atoms with Crippen LogP contribution in [0.5, 0.6) is 0 Å². The third kappa shape index (κ3) is 3.91. The maximum atomic E-state index is 12.9. The third-order valence-corrected chi connectivity index (χ3v) is 7.08. The van der Waals surface area contributed by atoms with Gasteiger partial charge in [-0.15, -0.1) is 11.3 Å². The quantitative estimate of drug-likeness (QED) is 0.869. The van der Waals surface area contributed by atoms with E-state index in [1.165, 1.54) is 30.6 Å². The number of thiophene rings is 1. The van der Waals surface area contributed by atoms with Gasteiger partial charge in [-0.1, -0.05) is 18.9 Å². The maximum absolute atomic E-state index is 12.9. The number of carbonyl (C=O) groups is 2. The van der Waals surface area contributed by atoms with Gasteiger partial charge in [-0.3, -0.25) is 9.59 Å². The molecule has 2 amide bonds. The highest BCUT2D eigenvalue weighted by Crippen LogP contribution is 2.38. The van der Waals surface area contributed by atoms with E-state index < -0.39 is 0 Å². The molecule has 4 nitrogen and oxygen atoms in total. The van der Waals surface area contributed by atoms with Crippen LogP contribution in [0.1, 0.15) is 62.3 Å². The van der Waals surface area contributed by atoms with Crippen LogP contribution in [-0.2, 0) is 9.59 Å². The number of hydrogen-bond donors (Lipinski definition) is 1. The first-order valence-electron chi connectivity index (χ1n) is 9.85. The van der Waals surface area contributed by atoms with E-state index in [0.717, 1.165) is 38.8 Å². The fourth-order valence-corrected chi connectivity index (χ4v) is 5.27. The van der Waals surface area contributed by atoms with E-state index in [1.54, 1.807) is 11.3 Å². The van der Waals surface area contributed by atoms with Crippen molar-refractivity contribution in [3.8, 4) is 0 Å². The lowest BCUT2D eigenvalue weighted by Crippen LogP contribution is -2.44. The van der Waals surface area contributed by atoms with Crippen LogP contribution >= 0.6 is 11.3 Å². The number of rotatable bonds is 5. The number of amides is 2. The second-order valence-corrected chi connectivity index (χ2v) is 8.90. The molecular weight excluding hydrogens is 332 g/mol. The predicted octanol–water partition coefficient (Wildman–Crippen LogP) is 3.74. The standard InChI is InChI=1S/C20H28N2O2S/c23-19(15-9-11-22(12-10-15)20(24)16-7-8-16)21-18(14-4-1-2-5-14)17-6-3-13-25-17/h3,6,13-16,18H,1-2,4-5,7-12H2,(H,21,23)/t18-/m1/s1. The van der Waals surface area contributed by atoms with E-state index in [-0.39, 0.29) is 23.8 Å². The molecule has 3 aliphatic rings. The summed E-state index contributed by atoms with van der Waals surface area (Å²) in [5, 5.41) is 5.48. The summed E-state index contributed by atoms with van der Waals surface area (Å²) in [4.78, 5) is 28.3. The zero-order valence-corrected chi connectivity index (χ0v) is 15.6. The topological polar surface area (TPSA) is 49.4 Å². The molecule has 0 radical (unpaired) electrons. The molecule has 1 aromatic rings. The summed E-state index contributed by atoms with van der Waals surface area (Å²) in [6, 6.07) is 4.42. The van der Waals surface area contributed by atoms with Crippen molar-refractivity contribution in [1.82, 2.24) is 10.2 Å². The highest BCUT2D eigenvalue weighted by Gasteiger charge is 2.37. The molecule has 5 heteroatoms. The van der Waals surface area contributed by atoms with Gasteiger partial charge in [-0.25, -0.2) is 0 Å². The molecule has 25 heavy (non-hydrogen) atoms. The number of carbonyl (C=O) groups excluding carboxylic acids is 2. The molecular formula is C20H28N2O2S. The predicted molar refractivity (Wildman–Crippen MR) is 99.2 cm³/mol. The number of hydrogen-bond acceptors (Lipinski definition) is 3. The van der Waals surface area contributed by atoms with Crippen molar-refractivity contribution in [1.29, 1.82) is 0 Å². The highest BCUT2D eigenvalue weighted by atomic mass is 32.1. The second-order valence-electron chi connectivity index (χ2n) is 7.92. The minimum Gasteiger partial charge on any atom is -0.348 e. The molecule has 1 aromatic heterocycles. The van der Waals surface area contributed by atoms with Crippen molar-refractivity contribution < 1.29 is 9.59 Å². The average molecular weight is 361 g/mol. The van der Waals surface area contributed by atoms with E-state index >= 15 is 0 Å². The van der Waals surface area contributed by atoms with Gasteiger partial charge in [0.05, 0.1) is 6.04 Å². The Morgan fingerprint density at radius 1 is 1.04 bits per heavy atom. The van der Waals surface area contributed by atoms with Crippen molar-refractivity contribution in [3.05, 3.63) is 22.4 Å². The van der Waals surface area contributed by atoms with Crippen LogP contribution in [0.25, 0.3) is 0 Å². The van der Waals surface area contributed by atoms with Crippen molar-refractivity contribution in [2.24, 2.45) is 17.8 Å². The average Bonchev–Trinajstić information content (AvgIpc) is 3.12. The molecule has 1 atom stereocenters. The van der Waals surface area contributed by atoms with Crippen LogP contribution < -0.4 is 5.32 Å². The normalized spacial score (nSPS) is 23.6.